The molecule has 2 aromatic carbocycles. The molecule has 0 aliphatic heterocycles. The topological polar surface area (TPSA) is 71.3 Å². The first-order chi connectivity index (χ1) is 16.1. The second kappa shape index (κ2) is 8.79. The van der Waals surface area contributed by atoms with Gasteiger partial charge in [0, 0.05) is 28.6 Å². The van der Waals surface area contributed by atoms with Gasteiger partial charge >= 0.3 is 0 Å². The zero-order valence-electron chi connectivity index (χ0n) is 19.3. The number of rotatable bonds is 6. The minimum absolute atomic E-state index is 0.254. The molecule has 2 heterocycles. The SMILES string of the molecule is CNC1CC=C(c2cncc3c(-c4ccc(NC=O)c5ccccc45)nc(C(C)C)n23)CC1. The second-order valence-corrected chi connectivity index (χ2v) is 8.94. The third kappa shape index (κ3) is 3.70. The summed E-state index contributed by atoms with van der Waals surface area (Å²) in [5, 5.41) is 8.26. The van der Waals surface area contributed by atoms with Gasteiger partial charge in [-0.05, 0) is 43.3 Å². The zero-order valence-corrected chi connectivity index (χ0v) is 19.3. The molecule has 1 atom stereocenters. The summed E-state index contributed by atoms with van der Waals surface area (Å²) >= 11 is 0. The van der Waals surface area contributed by atoms with Crippen LogP contribution in [0.15, 0.2) is 54.9 Å². The molecule has 33 heavy (non-hydrogen) atoms. The maximum Gasteiger partial charge on any atom is 0.211 e. The summed E-state index contributed by atoms with van der Waals surface area (Å²) in [6.07, 6.45) is 10.1. The Morgan fingerprint density at radius 3 is 2.64 bits per heavy atom. The molecule has 1 aliphatic carbocycles. The van der Waals surface area contributed by atoms with Gasteiger partial charge in [-0.2, -0.15) is 0 Å². The van der Waals surface area contributed by atoms with Crippen molar-refractivity contribution < 1.29 is 4.79 Å². The van der Waals surface area contributed by atoms with E-state index < -0.39 is 0 Å². The number of nitrogens with zero attached hydrogens (tertiary/aromatic N) is 3. The fourth-order valence-electron chi connectivity index (χ4n) is 4.90. The van der Waals surface area contributed by atoms with Crippen molar-refractivity contribution in [3.63, 3.8) is 0 Å². The average Bonchev–Trinajstić information content (AvgIpc) is 3.24. The summed E-state index contributed by atoms with van der Waals surface area (Å²) in [4.78, 5) is 20.9. The summed E-state index contributed by atoms with van der Waals surface area (Å²) in [6, 6.07) is 12.7. The molecule has 6 nitrogen and oxygen atoms in total. The number of amides is 1. The molecule has 2 N–H and O–H groups in total. The van der Waals surface area contributed by atoms with Crippen molar-refractivity contribution in [1.82, 2.24) is 19.7 Å². The first kappa shape index (κ1) is 21.3. The van der Waals surface area contributed by atoms with E-state index >= 15 is 0 Å². The largest absolute Gasteiger partial charge is 0.328 e. The molecule has 1 amide bonds. The first-order valence-electron chi connectivity index (χ1n) is 11.6. The molecule has 5 rings (SSSR count). The quantitative estimate of drug-likeness (QED) is 0.395. The van der Waals surface area contributed by atoms with Gasteiger partial charge in [0.2, 0.25) is 6.41 Å². The first-order valence-corrected chi connectivity index (χ1v) is 11.6. The lowest BCUT2D eigenvalue weighted by atomic mass is 9.93. The summed E-state index contributed by atoms with van der Waals surface area (Å²) in [5.41, 5.74) is 6.23. The number of carbonyl (C=O) groups is 1. The van der Waals surface area contributed by atoms with E-state index in [1.54, 1.807) is 0 Å². The average molecular weight is 440 g/mol. The summed E-state index contributed by atoms with van der Waals surface area (Å²) in [5.74, 6) is 1.29. The monoisotopic (exact) mass is 439 g/mol. The van der Waals surface area contributed by atoms with E-state index in [0.717, 1.165) is 70.4 Å². The van der Waals surface area contributed by atoms with Crippen LogP contribution in [0.25, 0.3) is 33.1 Å². The number of imidazole rings is 1. The van der Waals surface area contributed by atoms with Gasteiger partial charge in [0.15, 0.2) is 0 Å². The maximum atomic E-state index is 11.1. The van der Waals surface area contributed by atoms with E-state index in [0.29, 0.717) is 6.04 Å². The van der Waals surface area contributed by atoms with Crippen LogP contribution in [0.1, 0.15) is 50.5 Å². The second-order valence-electron chi connectivity index (χ2n) is 8.94. The maximum absolute atomic E-state index is 11.1. The van der Waals surface area contributed by atoms with Crippen LogP contribution in [0.2, 0.25) is 0 Å². The number of aromatic nitrogens is 3. The van der Waals surface area contributed by atoms with Crippen LogP contribution in [0, 0.1) is 0 Å². The van der Waals surface area contributed by atoms with Crippen molar-refractivity contribution in [2.24, 2.45) is 0 Å². The van der Waals surface area contributed by atoms with Crippen molar-refractivity contribution >= 4 is 34.0 Å². The van der Waals surface area contributed by atoms with Crippen LogP contribution >= 0.6 is 0 Å². The number of fused-ring (bicyclic) bond motifs is 2. The highest BCUT2D eigenvalue weighted by molar-refractivity contribution is 6.06. The van der Waals surface area contributed by atoms with E-state index in [2.05, 4.69) is 46.0 Å². The van der Waals surface area contributed by atoms with Crippen LogP contribution in [0.5, 0.6) is 0 Å². The standard InChI is InChI=1S/C27H29N5O/c1-17(2)27-31-26(22-12-13-23(30-16-33)21-7-5-4-6-20(21)22)25-15-29-14-24(32(25)27)18-8-10-19(28-3)11-9-18/h4-8,12-17,19,28H,9-11H2,1-3H3,(H,30,33). The van der Waals surface area contributed by atoms with E-state index in [9.17, 15) is 4.79 Å². The Kier molecular flexibility index (Phi) is 5.68. The highest BCUT2D eigenvalue weighted by Crippen LogP contribution is 2.37. The number of allylic oxidation sites excluding steroid dienone is 1. The molecule has 0 bridgehead atoms. The normalized spacial score (nSPS) is 16.4. The number of hydrogen-bond donors (Lipinski definition) is 2. The van der Waals surface area contributed by atoms with Gasteiger partial charge in [-0.25, -0.2) is 4.98 Å². The molecule has 0 saturated carbocycles. The zero-order chi connectivity index (χ0) is 22.9. The van der Waals surface area contributed by atoms with Crippen molar-refractivity contribution in [3.05, 3.63) is 66.4 Å². The lowest BCUT2D eigenvalue weighted by Gasteiger charge is -2.22. The number of nitrogens with one attached hydrogen (secondary N) is 2. The molecule has 1 unspecified atom stereocenters. The van der Waals surface area contributed by atoms with E-state index in [1.807, 2.05) is 49.8 Å². The third-order valence-corrected chi connectivity index (χ3v) is 6.63. The molecule has 6 heteroatoms. The molecule has 4 aromatic rings. The fourth-order valence-corrected chi connectivity index (χ4v) is 4.90. The lowest BCUT2D eigenvalue weighted by molar-refractivity contribution is -0.105. The Labute approximate surface area is 193 Å². The smallest absolute Gasteiger partial charge is 0.211 e. The molecule has 0 radical (unpaired) electrons. The Morgan fingerprint density at radius 2 is 1.94 bits per heavy atom. The van der Waals surface area contributed by atoms with Gasteiger partial charge in [-0.1, -0.05) is 50.3 Å². The van der Waals surface area contributed by atoms with Crippen molar-refractivity contribution in [2.45, 2.75) is 45.1 Å². The fraction of sp³-hybridized carbons (Fsp3) is 0.296. The predicted octanol–water partition coefficient (Wildman–Crippen LogP) is 5.40. The van der Waals surface area contributed by atoms with Gasteiger partial charge in [0.1, 0.15) is 5.82 Å². The Hall–Kier alpha value is -3.51. The Balaban J connectivity index is 1.74. The number of anilines is 1. The summed E-state index contributed by atoms with van der Waals surface area (Å²) < 4.78 is 2.30. The van der Waals surface area contributed by atoms with Crippen molar-refractivity contribution in [3.8, 4) is 11.3 Å². The van der Waals surface area contributed by atoms with Gasteiger partial charge in [-0.15, -0.1) is 0 Å². The van der Waals surface area contributed by atoms with Crippen molar-refractivity contribution in [2.75, 3.05) is 12.4 Å². The van der Waals surface area contributed by atoms with Gasteiger partial charge in [0.25, 0.3) is 0 Å². The minimum atomic E-state index is 0.254. The molecule has 2 aromatic heterocycles. The summed E-state index contributed by atoms with van der Waals surface area (Å²) in [7, 11) is 2.03. The lowest BCUT2D eigenvalue weighted by Crippen LogP contribution is -2.26. The van der Waals surface area contributed by atoms with Crippen LogP contribution in [0.4, 0.5) is 5.69 Å². The molecule has 168 valence electrons. The highest BCUT2D eigenvalue weighted by atomic mass is 16.1. The van der Waals surface area contributed by atoms with E-state index in [-0.39, 0.29) is 5.92 Å². The van der Waals surface area contributed by atoms with E-state index in [1.165, 1.54) is 5.57 Å². The molecule has 0 spiro atoms. The van der Waals surface area contributed by atoms with Gasteiger partial charge in [-0.3, -0.25) is 14.2 Å². The van der Waals surface area contributed by atoms with Crippen LogP contribution in [0.3, 0.4) is 0 Å². The molecular formula is C27H29N5O. The van der Waals surface area contributed by atoms with Gasteiger partial charge in [0.05, 0.1) is 29.3 Å². The summed E-state index contributed by atoms with van der Waals surface area (Å²) in [6.45, 7) is 4.37. The predicted molar refractivity (Wildman–Crippen MR) is 134 cm³/mol. The van der Waals surface area contributed by atoms with Gasteiger partial charge < -0.3 is 10.6 Å². The molecule has 1 aliphatic rings. The minimum Gasteiger partial charge on any atom is -0.328 e. The van der Waals surface area contributed by atoms with Crippen LogP contribution in [-0.2, 0) is 4.79 Å². The number of hydrogen-bond acceptors (Lipinski definition) is 4. The highest BCUT2D eigenvalue weighted by Gasteiger charge is 2.22. The third-order valence-electron chi connectivity index (χ3n) is 6.63. The van der Waals surface area contributed by atoms with Crippen LogP contribution < -0.4 is 10.6 Å². The van der Waals surface area contributed by atoms with Crippen LogP contribution in [-0.4, -0.2) is 33.9 Å². The number of benzene rings is 2. The molecular weight excluding hydrogens is 410 g/mol. The van der Waals surface area contributed by atoms with E-state index in [4.69, 9.17) is 4.98 Å². The number of carbonyl (C=O) groups excluding carboxylic acids is 1. The van der Waals surface area contributed by atoms with Crippen molar-refractivity contribution in [1.29, 1.82) is 0 Å². The molecule has 0 fully saturated rings. The molecule has 0 saturated heterocycles. The Morgan fingerprint density at radius 1 is 1.12 bits per heavy atom. The Bertz CT molecular complexity index is 1370.